The predicted octanol–water partition coefficient (Wildman–Crippen LogP) is 7.08. The van der Waals surface area contributed by atoms with Crippen molar-refractivity contribution < 1.29 is 18.0 Å². The van der Waals surface area contributed by atoms with E-state index in [1.807, 2.05) is 13.8 Å². The van der Waals surface area contributed by atoms with Gasteiger partial charge in [-0.25, -0.2) is 8.42 Å². The second-order valence-electron chi connectivity index (χ2n) is 9.77. The number of rotatable bonds is 12. The van der Waals surface area contributed by atoms with E-state index in [1.54, 1.807) is 43.3 Å². The predicted molar refractivity (Wildman–Crippen MR) is 166 cm³/mol. The zero-order valence-electron chi connectivity index (χ0n) is 22.8. The molecule has 0 fully saturated rings. The first-order valence-electron chi connectivity index (χ1n) is 12.9. The number of amides is 2. The lowest BCUT2D eigenvalue weighted by Crippen LogP contribution is -2.52. The number of carbonyl (C=O) groups is 2. The van der Waals surface area contributed by atoms with Gasteiger partial charge in [0.1, 0.15) is 12.6 Å². The van der Waals surface area contributed by atoms with Crippen LogP contribution in [0.1, 0.15) is 32.8 Å². The molecule has 220 valence electrons. The fourth-order valence-corrected chi connectivity index (χ4v) is 6.25. The molecule has 0 spiro atoms. The molecule has 2 amide bonds. The minimum absolute atomic E-state index is 0.0488. The zero-order chi connectivity index (χ0) is 30.3. The highest BCUT2D eigenvalue weighted by atomic mass is 35.5. The van der Waals surface area contributed by atoms with Crippen molar-refractivity contribution in [2.24, 2.45) is 5.92 Å². The van der Waals surface area contributed by atoms with E-state index in [2.05, 4.69) is 5.32 Å². The fraction of sp³-hybridized carbons (Fsp3) is 0.310. The summed E-state index contributed by atoms with van der Waals surface area (Å²) < 4.78 is 28.7. The van der Waals surface area contributed by atoms with E-state index in [9.17, 15) is 18.0 Å². The van der Waals surface area contributed by atoms with Gasteiger partial charge in [-0.2, -0.15) is 0 Å². The number of benzene rings is 3. The molecule has 3 aromatic rings. The Hall–Kier alpha value is -2.49. The largest absolute Gasteiger partial charge is 0.354 e. The Morgan fingerprint density at radius 3 is 2.10 bits per heavy atom. The highest BCUT2D eigenvalue weighted by molar-refractivity contribution is 7.92. The summed E-state index contributed by atoms with van der Waals surface area (Å²) in [6, 6.07) is 15.8. The molecule has 0 aliphatic carbocycles. The molecule has 1 unspecified atom stereocenters. The van der Waals surface area contributed by atoms with E-state index in [0.29, 0.717) is 27.2 Å². The topological polar surface area (TPSA) is 86.8 Å². The fourth-order valence-electron chi connectivity index (χ4n) is 4.07. The molecule has 0 aromatic heterocycles. The van der Waals surface area contributed by atoms with Crippen LogP contribution in [0.15, 0.2) is 71.6 Å². The Bertz CT molecular complexity index is 1480. The minimum atomic E-state index is -4.25. The molecule has 0 heterocycles. The summed E-state index contributed by atoms with van der Waals surface area (Å²) in [4.78, 5) is 28.7. The summed E-state index contributed by atoms with van der Waals surface area (Å²) in [5.41, 5.74) is 0.733. The number of halogens is 4. The van der Waals surface area contributed by atoms with Crippen LogP contribution in [-0.2, 0) is 26.2 Å². The Balaban J connectivity index is 2.07. The normalized spacial score (nSPS) is 12.2. The molecule has 0 radical (unpaired) electrons. The third-order valence-corrected chi connectivity index (χ3v) is 9.07. The number of nitrogens with one attached hydrogen (secondary N) is 1. The lowest BCUT2D eigenvalue weighted by molar-refractivity contribution is -0.140. The van der Waals surface area contributed by atoms with Gasteiger partial charge in [0, 0.05) is 33.2 Å². The van der Waals surface area contributed by atoms with Crippen molar-refractivity contribution in [1.29, 1.82) is 0 Å². The second-order valence-corrected chi connectivity index (χ2v) is 13.3. The second kappa shape index (κ2) is 14.6. The van der Waals surface area contributed by atoms with Crippen LogP contribution in [-0.4, -0.2) is 44.3 Å². The summed E-state index contributed by atoms with van der Waals surface area (Å²) in [6.07, 6.45) is 0.280. The van der Waals surface area contributed by atoms with Crippen molar-refractivity contribution in [1.82, 2.24) is 10.2 Å². The number of sulfonamides is 1. The van der Waals surface area contributed by atoms with Crippen molar-refractivity contribution in [3.63, 3.8) is 0 Å². The number of carbonyl (C=O) groups excluding carboxylic acids is 2. The van der Waals surface area contributed by atoms with Gasteiger partial charge in [0.15, 0.2) is 0 Å². The summed E-state index contributed by atoms with van der Waals surface area (Å²) in [6.45, 7) is 5.46. The average molecular weight is 659 g/mol. The van der Waals surface area contributed by atoms with E-state index < -0.39 is 28.5 Å². The Morgan fingerprint density at radius 2 is 1.51 bits per heavy atom. The highest BCUT2D eigenvalue weighted by Crippen LogP contribution is 2.28. The van der Waals surface area contributed by atoms with Gasteiger partial charge in [-0.05, 0) is 72.5 Å². The summed E-state index contributed by atoms with van der Waals surface area (Å²) >= 11 is 24.7. The molecule has 1 atom stereocenters. The van der Waals surface area contributed by atoms with Crippen LogP contribution >= 0.6 is 46.4 Å². The van der Waals surface area contributed by atoms with Crippen molar-refractivity contribution in [2.75, 3.05) is 17.4 Å². The summed E-state index contributed by atoms with van der Waals surface area (Å²) in [5, 5.41) is 4.26. The smallest absolute Gasteiger partial charge is 0.264 e. The van der Waals surface area contributed by atoms with Crippen LogP contribution in [0.25, 0.3) is 0 Å². The van der Waals surface area contributed by atoms with Crippen molar-refractivity contribution in [2.45, 2.75) is 44.7 Å². The van der Waals surface area contributed by atoms with Gasteiger partial charge >= 0.3 is 0 Å². The maximum atomic E-state index is 14.1. The molecule has 7 nitrogen and oxygen atoms in total. The van der Waals surface area contributed by atoms with Crippen LogP contribution in [0.3, 0.4) is 0 Å². The number of hydrogen-bond acceptors (Lipinski definition) is 4. The third-order valence-electron chi connectivity index (χ3n) is 6.20. The van der Waals surface area contributed by atoms with Crippen molar-refractivity contribution in [3.8, 4) is 0 Å². The average Bonchev–Trinajstić information content (AvgIpc) is 2.91. The van der Waals surface area contributed by atoms with Gasteiger partial charge in [-0.1, -0.05) is 79.3 Å². The molecule has 0 aliphatic heterocycles. The quantitative estimate of drug-likeness (QED) is 0.225. The molecule has 0 bridgehead atoms. The molecule has 0 saturated heterocycles. The number of nitrogens with zero attached hydrogens (tertiary/aromatic N) is 2. The van der Waals surface area contributed by atoms with Crippen LogP contribution in [0, 0.1) is 5.92 Å². The molecule has 3 rings (SSSR count). The number of hydrogen-bond donors (Lipinski definition) is 1. The SMILES string of the molecule is CCC(C(=O)NCC(C)C)N(Cc1ccc(Cl)cc1Cl)C(=O)CN(c1cccc(Cl)c1)S(=O)(=O)c1ccc(Cl)cc1. The van der Waals surface area contributed by atoms with E-state index in [-0.39, 0.29) is 40.4 Å². The Kier molecular flexibility index (Phi) is 11.8. The van der Waals surface area contributed by atoms with Crippen LogP contribution in [0.2, 0.25) is 20.1 Å². The molecule has 1 N–H and O–H groups in total. The summed E-state index contributed by atoms with van der Waals surface area (Å²) in [7, 11) is -4.25. The molecular weight excluding hydrogens is 628 g/mol. The van der Waals surface area contributed by atoms with E-state index in [1.165, 1.54) is 35.2 Å². The lowest BCUT2D eigenvalue weighted by atomic mass is 10.1. The van der Waals surface area contributed by atoms with E-state index in [0.717, 1.165) is 4.31 Å². The molecule has 0 saturated carbocycles. The highest BCUT2D eigenvalue weighted by Gasteiger charge is 2.34. The first-order chi connectivity index (χ1) is 19.3. The zero-order valence-corrected chi connectivity index (χ0v) is 26.6. The van der Waals surface area contributed by atoms with Gasteiger partial charge in [-0.3, -0.25) is 13.9 Å². The van der Waals surface area contributed by atoms with Gasteiger partial charge in [0.05, 0.1) is 10.6 Å². The summed E-state index contributed by atoms with van der Waals surface area (Å²) in [5.74, 6) is -0.774. The Labute approximate surface area is 261 Å². The first-order valence-corrected chi connectivity index (χ1v) is 15.8. The standard InChI is InChI=1S/C29H31Cl4N3O4S/c1-4-27(29(38)34-16-19(2)3)35(17-20-8-9-23(32)15-26(20)33)28(37)18-36(24-7-5-6-22(31)14-24)41(39,40)25-12-10-21(30)11-13-25/h5-15,19,27H,4,16-18H2,1-3H3,(H,34,38). The van der Waals surface area contributed by atoms with Crippen molar-refractivity contribution in [3.05, 3.63) is 92.4 Å². The molecule has 41 heavy (non-hydrogen) atoms. The van der Waals surface area contributed by atoms with Crippen LogP contribution in [0.4, 0.5) is 5.69 Å². The molecule has 12 heteroatoms. The van der Waals surface area contributed by atoms with Gasteiger partial charge < -0.3 is 10.2 Å². The monoisotopic (exact) mass is 657 g/mol. The van der Waals surface area contributed by atoms with Gasteiger partial charge in [0.2, 0.25) is 11.8 Å². The Morgan fingerprint density at radius 1 is 0.878 bits per heavy atom. The maximum absolute atomic E-state index is 14.1. The van der Waals surface area contributed by atoms with Gasteiger partial charge in [-0.15, -0.1) is 0 Å². The van der Waals surface area contributed by atoms with Crippen molar-refractivity contribution >= 4 is 73.9 Å². The molecule has 3 aromatic carbocycles. The molecule has 0 aliphatic rings. The minimum Gasteiger partial charge on any atom is -0.354 e. The van der Waals surface area contributed by atoms with E-state index >= 15 is 0 Å². The number of anilines is 1. The lowest BCUT2D eigenvalue weighted by Gasteiger charge is -2.33. The first kappa shape index (κ1) is 33.0. The molecular formula is C29H31Cl4N3O4S. The van der Waals surface area contributed by atoms with Crippen LogP contribution < -0.4 is 9.62 Å². The van der Waals surface area contributed by atoms with E-state index in [4.69, 9.17) is 46.4 Å². The van der Waals surface area contributed by atoms with Gasteiger partial charge in [0.25, 0.3) is 10.0 Å². The van der Waals surface area contributed by atoms with Crippen LogP contribution in [0.5, 0.6) is 0 Å². The maximum Gasteiger partial charge on any atom is 0.264 e. The third kappa shape index (κ3) is 8.75.